The lowest BCUT2D eigenvalue weighted by Crippen LogP contribution is -2.53. The minimum atomic E-state index is -0.250. The van der Waals surface area contributed by atoms with Crippen molar-refractivity contribution in [1.82, 2.24) is 9.80 Å². The van der Waals surface area contributed by atoms with E-state index in [1.54, 1.807) is 0 Å². The Morgan fingerprint density at radius 1 is 1.00 bits per heavy atom. The number of amides is 2. The molecule has 1 atom stereocenters. The van der Waals surface area contributed by atoms with Crippen LogP contribution in [-0.4, -0.2) is 66.8 Å². The summed E-state index contributed by atoms with van der Waals surface area (Å²) >= 11 is 0. The topological polar surface area (TPSA) is 59.1 Å². The Morgan fingerprint density at radius 2 is 1.71 bits per heavy atom. The van der Waals surface area contributed by atoms with Crippen LogP contribution in [0.5, 0.6) is 0 Å². The Labute approximate surface area is 144 Å². The first-order chi connectivity index (χ1) is 11.7. The van der Waals surface area contributed by atoms with E-state index in [0.29, 0.717) is 32.7 Å². The molecule has 1 unspecified atom stereocenters. The summed E-state index contributed by atoms with van der Waals surface area (Å²) < 4.78 is 11.3. The van der Waals surface area contributed by atoms with Crippen molar-refractivity contribution in [3.8, 4) is 0 Å². The molecule has 0 radical (unpaired) electrons. The van der Waals surface area contributed by atoms with Gasteiger partial charge in [0.25, 0.3) is 0 Å². The number of ether oxygens (including phenoxy) is 2. The zero-order chi connectivity index (χ0) is 16.9. The van der Waals surface area contributed by atoms with Crippen LogP contribution in [0.15, 0.2) is 0 Å². The highest BCUT2D eigenvalue weighted by atomic mass is 16.7. The van der Waals surface area contributed by atoms with E-state index >= 15 is 0 Å². The molecular formula is C18H30N2O4. The van der Waals surface area contributed by atoms with Crippen molar-refractivity contribution >= 4 is 11.8 Å². The molecule has 3 fully saturated rings. The van der Waals surface area contributed by atoms with Gasteiger partial charge in [-0.2, -0.15) is 0 Å². The summed E-state index contributed by atoms with van der Waals surface area (Å²) in [6.45, 7) is 5.51. The Morgan fingerprint density at radius 3 is 2.38 bits per heavy atom. The van der Waals surface area contributed by atoms with Crippen molar-refractivity contribution in [1.29, 1.82) is 0 Å². The largest absolute Gasteiger partial charge is 0.348 e. The third-order valence-corrected chi connectivity index (χ3v) is 5.45. The molecule has 3 aliphatic heterocycles. The fourth-order valence-corrected chi connectivity index (χ4v) is 4.10. The van der Waals surface area contributed by atoms with Crippen LogP contribution in [0.2, 0.25) is 0 Å². The van der Waals surface area contributed by atoms with E-state index in [2.05, 4.69) is 0 Å². The highest BCUT2D eigenvalue weighted by molar-refractivity contribution is 5.80. The van der Waals surface area contributed by atoms with Crippen molar-refractivity contribution in [3.63, 3.8) is 0 Å². The van der Waals surface area contributed by atoms with Crippen molar-refractivity contribution in [3.05, 3.63) is 0 Å². The molecule has 0 saturated carbocycles. The maximum absolute atomic E-state index is 13.0. The number of carbonyl (C=O) groups is 2. The van der Waals surface area contributed by atoms with Crippen LogP contribution in [0.1, 0.15) is 51.9 Å². The zero-order valence-electron chi connectivity index (χ0n) is 14.7. The van der Waals surface area contributed by atoms with E-state index in [1.807, 2.05) is 16.7 Å². The number of hydrogen-bond donors (Lipinski definition) is 0. The van der Waals surface area contributed by atoms with E-state index in [9.17, 15) is 9.59 Å². The number of hydrogen-bond acceptors (Lipinski definition) is 4. The molecule has 0 spiro atoms. The maximum atomic E-state index is 13.0. The SMILES string of the molecule is CCCC(=O)N1CCC(C(=O)N2CCCCC2C2OCCO2)CC1. The van der Waals surface area contributed by atoms with E-state index in [-0.39, 0.29) is 30.1 Å². The summed E-state index contributed by atoms with van der Waals surface area (Å²) in [7, 11) is 0. The molecule has 24 heavy (non-hydrogen) atoms. The molecule has 0 aromatic carbocycles. The summed E-state index contributed by atoms with van der Waals surface area (Å²) in [5.41, 5.74) is 0. The van der Waals surface area contributed by atoms with Crippen LogP contribution in [0.25, 0.3) is 0 Å². The van der Waals surface area contributed by atoms with Gasteiger partial charge in [0, 0.05) is 32.0 Å². The molecule has 2 amide bonds. The van der Waals surface area contributed by atoms with Gasteiger partial charge < -0.3 is 19.3 Å². The highest BCUT2D eigenvalue weighted by Gasteiger charge is 2.39. The number of likely N-dealkylation sites (tertiary alicyclic amines) is 2. The molecule has 136 valence electrons. The highest BCUT2D eigenvalue weighted by Crippen LogP contribution is 2.28. The lowest BCUT2D eigenvalue weighted by molar-refractivity contribution is -0.156. The number of rotatable bonds is 4. The molecule has 3 aliphatic rings. The molecule has 3 heterocycles. The molecule has 3 rings (SSSR count). The average Bonchev–Trinajstić information content (AvgIpc) is 3.16. The van der Waals surface area contributed by atoms with Crippen molar-refractivity contribution in [2.45, 2.75) is 64.2 Å². The first-order valence-corrected chi connectivity index (χ1v) is 9.52. The Bertz CT molecular complexity index is 442. The van der Waals surface area contributed by atoms with E-state index in [1.165, 1.54) is 0 Å². The first-order valence-electron chi connectivity index (χ1n) is 9.52. The number of carbonyl (C=O) groups excluding carboxylic acids is 2. The summed E-state index contributed by atoms with van der Waals surface area (Å²) in [5, 5.41) is 0. The monoisotopic (exact) mass is 338 g/mol. The first kappa shape index (κ1) is 17.7. The fraction of sp³-hybridized carbons (Fsp3) is 0.889. The van der Waals surface area contributed by atoms with Crippen molar-refractivity contribution in [2.75, 3.05) is 32.8 Å². The lowest BCUT2D eigenvalue weighted by atomic mass is 9.92. The maximum Gasteiger partial charge on any atom is 0.226 e. The predicted octanol–water partition coefficient (Wildman–Crippen LogP) is 1.78. The summed E-state index contributed by atoms with van der Waals surface area (Å²) in [5.74, 6) is 0.506. The quantitative estimate of drug-likeness (QED) is 0.784. The molecule has 0 aromatic rings. The summed E-state index contributed by atoms with van der Waals surface area (Å²) in [6, 6.07) is 0.0634. The van der Waals surface area contributed by atoms with Crippen molar-refractivity contribution < 1.29 is 19.1 Å². The summed E-state index contributed by atoms with van der Waals surface area (Å²) in [4.78, 5) is 29.0. The average molecular weight is 338 g/mol. The molecule has 6 heteroatoms. The van der Waals surface area contributed by atoms with Gasteiger partial charge in [-0.15, -0.1) is 0 Å². The Kier molecular flexibility index (Phi) is 6.11. The number of piperidine rings is 2. The van der Waals surface area contributed by atoms with Crippen LogP contribution in [0.4, 0.5) is 0 Å². The second kappa shape index (κ2) is 8.30. The lowest BCUT2D eigenvalue weighted by Gasteiger charge is -2.41. The normalized spacial score (nSPS) is 26.8. The minimum Gasteiger partial charge on any atom is -0.348 e. The molecule has 0 aromatic heterocycles. The van der Waals surface area contributed by atoms with Gasteiger partial charge in [-0.25, -0.2) is 0 Å². The second-order valence-electron chi connectivity index (χ2n) is 7.11. The molecule has 0 aliphatic carbocycles. The van der Waals surface area contributed by atoms with Gasteiger partial charge >= 0.3 is 0 Å². The van der Waals surface area contributed by atoms with Gasteiger partial charge in [0.1, 0.15) is 0 Å². The van der Waals surface area contributed by atoms with E-state index < -0.39 is 0 Å². The number of nitrogens with zero attached hydrogens (tertiary/aromatic N) is 2. The Hall–Kier alpha value is -1.14. The third-order valence-electron chi connectivity index (χ3n) is 5.45. The molecule has 3 saturated heterocycles. The predicted molar refractivity (Wildman–Crippen MR) is 89.3 cm³/mol. The fourth-order valence-electron chi connectivity index (χ4n) is 4.10. The minimum absolute atomic E-state index is 0.0395. The molecule has 0 bridgehead atoms. The van der Waals surface area contributed by atoms with Crippen LogP contribution in [0.3, 0.4) is 0 Å². The second-order valence-corrected chi connectivity index (χ2v) is 7.11. The van der Waals surface area contributed by atoms with Gasteiger partial charge in [-0.1, -0.05) is 6.92 Å². The summed E-state index contributed by atoms with van der Waals surface area (Å²) in [6.07, 6.45) is 5.96. The van der Waals surface area contributed by atoms with Gasteiger partial charge in [-0.3, -0.25) is 9.59 Å². The van der Waals surface area contributed by atoms with Crippen LogP contribution >= 0.6 is 0 Å². The smallest absolute Gasteiger partial charge is 0.226 e. The van der Waals surface area contributed by atoms with Gasteiger partial charge in [-0.05, 0) is 38.5 Å². The van der Waals surface area contributed by atoms with E-state index in [4.69, 9.17) is 9.47 Å². The van der Waals surface area contributed by atoms with Crippen LogP contribution in [-0.2, 0) is 19.1 Å². The Balaban J connectivity index is 1.56. The van der Waals surface area contributed by atoms with Gasteiger partial charge in [0.05, 0.1) is 19.3 Å². The van der Waals surface area contributed by atoms with Gasteiger partial charge in [0.15, 0.2) is 6.29 Å². The van der Waals surface area contributed by atoms with Crippen molar-refractivity contribution in [2.24, 2.45) is 5.92 Å². The molecule has 6 nitrogen and oxygen atoms in total. The van der Waals surface area contributed by atoms with Gasteiger partial charge in [0.2, 0.25) is 11.8 Å². The third kappa shape index (κ3) is 3.91. The van der Waals surface area contributed by atoms with Crippen LogP contribution < -0.4 is 0 Å². The molecular weight excluding hydrogens is 308 g/mol. The van der Waals surface area contributed by atoms with E-state index in [0.717, 1.165) is 45.1 Å². The van der Waals surface area contributed by atoms with Crippen LogP contribution in [0, 0.1) is 5.92 Å². The standard InChI is InChI=1S/C18H30N2O4/c1-2-5-16(21)19-10-7-14(8-11-19)17(22)20-9-4-3-6-15(20)18-23-12-13-24-18/h14-15,18H,2-13H2,1H3. The zero-order valence-corrected chi connectivity index (χ0v) is 14.7. The molecule has 0 N–H and O–H groups in total.